The van der Waals surface area contributed by atoms with E-state index in [0.29, 0.717) is 0 Å². The highest BCUT2D eigenvalue weighted by Gasteiger charge is 2.53. The summed E-state index contributed by atoms with van der Waals surface area (Å²) in [7, 11) is 0. The molecule has 0 aliphatic carbocycles. The van der Waals surface area contributed by atoms with Crippen LogP contribution in [0, 0.1) is 0 Å². The second-order valence-corrected chi connectivity index (χ2v) is 8.50. The van der Waals surface area contributed by atoms with Gasteiger partial charge in [-0.2, -0.15) is 0 Å². The van der Waals surface area contributed by atoms with Crippen molar-refractivity contribution in [2.24, 2.45) is 0 Å². The Labute approximate surface area is 225 Å². The molecule has 0 radical (unpaired) electrons. The normalized spacial score (nSPS) is 22.1. The molecule has 0 spiro atoms. The Kier molecular flexibility index (Phi) is 9.31. The van der Waals surface area contributed by atoms with Crippen LogP contribution in [0.5, 0.6) is 17.2 Å². The van der Waals surface area contributed by atoms with Crippen molar-refractivity contribution >= 4 is 40.8 Å². The van der Waals surface area contributed by atoms with Gasteiger partial charge in [-0.25, -0.2) is 4.79 Å². The number of hydrogen-bond donors (Lipinski definition) is 1. The van der Waals surface area contributed by atoms with Gasteiger partial charge in [-0.05, 0) is 12.1 Å². The minimum Gasteiger partial charge on any atom is -0.504 e. The highest BCUT2D eigenvalue weighted by Crippen LogP contribution is 2.35. The second-order valence-electron chi connectivity index (χ2n) is 8.50. The zero-order chi connectivity index (χ0) is 29.7. The molecule has 3 rings (SSSR count). The Morgan fingerprint density at radius 2 is 1.43 bits per heavy atom. The molecular formula is C25H26O15. The average molecular weight is 566 g/mol. The van der Waals surface area contributed by atoms with E-state index in [2.05, 4.69) is 0 Å². The molecule has 0 bridgehead atoms. The summed E-state index contributed by atoms with van der Waals surface area (Å²) in [6, 6.07) is 3.78. The van der Waals surface area contributed by atoms with Crippen molar-refractivity contribution in [1.82, 2.24) is 0 Å². The van der Waals surface area contributed by atoms with Gasteiger partial charge in [-0.1, -0.05) is 0 Å². The summed E-state index contributed by atoms with van der Waals surface area (Å²) in [5, 5.41) is 10.4. The van der Waals surface area contributed by atoms with Gasteiger partial charge in [0, 0.05) is 40.7 Å². The molecule has 40 heavy (non-hydrogen) atoms. The van der Waals surface area contributed by atoms with E-state index in [4.69, 9.17) is 37.6 Å². The van der Waals surface area contributed by atoms with Crippen LogP contribution in [0.3, 0.4) is 0 Å². The molecule has 15 heteroatoms. The molecule has 216 valence electrons. The first-order valence-electron chi connectivity index (χ1n) is 11.7. The molecule has 1 N–H and O–H groups in total. The summed E-state index contributed by atoms with van der Waals surface area (Å²) >= 11 is 0. The summed E-state index contributed by atoms with van der Waals surface area (Å²) < 4.78 is 42.5. The maximum atomic E-state index is 12.2. The van der Waals surface area contributed by atoms with Crippen LogP contribution in [-0.4, -0.2) is 72.3 Å². The Hall–Kier alpha value is -4.66. The summed E-state index contributed by atoms with van der Waals surface area (Å²) in [4.78, 5) is 70.7. The lowest BCUT2D eigenvalue weighted by atomic mass is 9.98. The van der Waals surface area contributed by atoms with Crippen molar-refractivity contribution in [3.05, 3.63) is 28.6 Å². The van der Waals surface area contributed by atoms with Crippen molar-refractivity contribution in [3.8, 4) is 17.2 Å². The van der Waals surface area contributed by atoms with Crippen LogP contribution in [0.1, 0.15) is 34.6 Å². The van der Waals surface area contributed by atoms with Gasteiger partial charge in [0.2, 0.25) is 12.4 Å². The van der Waals surface area contributed by atoms with Crippen molar-refractivity contribution in [2.75, 3.05) is 6.61 Å². The number of fused-ring (bicyclic) bond motifs is 1. The number of aromatic hydroxyl groups is 1. The molecule has 5 atom stereocenters. The van der Waals surface area contributed by atoms with Gasteiger partial charge in [-0.3, -0.25) is 24.0 Å². The minimum absolute atomic E-state index is 0.00950. The quantitative estimate of drug-likeness (QED) is 0.268. The third kappa shape index (κ3) is 7.25. The lowest BCUT2D eigenvalue weighted by molar-refractivity contribution is -0.288. The van der Waals surface area contributed by atoms with Crippen molar-refractivity contribution in [2.45, 2.75) is 65.3 Å². The molecule has 0 saturated carbocycles. The van der Waals surface area contributed by atoms with Crippen molar-refractivity contribution in [1.29, 1.82) is 0 Å². The summed E-state index contributed by atoms with van der Waals surface area (Å²) in [6.45, 7) is 4.94. The van der Waals surface area contributed by atoms with E-state index < -0.39 is 84.3 Å². The number of hydrogen-bond acceptors (Lipinski definition) is 15. The van der Waals surface area contributed by atoms with E-state index in [1.807, 2.05) is 0 Å². The molecule has 0 amide bonds. The number of ether oxygens (including phenoxy) is 7. The van der Waals surface area contributed by atoms with Gasteiger partial charge in [0.15, 0.2) is 18.0 Å². The van der Waals surface area contributed by atoms with Crippen LogP contribution >= 0.6 is 0 Å². The molecule has 1 aromatic heterocycles. The van der Waals surface area contributed by atoms with Gasteiger partial charge in [0.05, 0.1) is 5.39 Å². The number of carbonyl (C=O) groups excluding carboxylic acids is 5. The van der Waals surface area contributed by atoms with Crippen LogP contribution in [0.15, 0.2) is 27.4 Å². The monoisotopic (exact) mass is 566 g/mol. The van der Waals surface area contributed by atoms with Gasteiger partial charge in [-0.15, -0.1) is 0 Å². The lowest BCUT2D eigenvalue weighted by Gasteiger charge is -2.43. The predicted molar refractivity (Wildman–Crippen MR) is 128 cm³/mol. The first-order chi connectivity index (χ1) is 18.8. The van der Waals surface area contributed by atoms with Gasteiger partial charge >= 0.3 is 35.5 Å². The molecule has 1 fully saturated rings. The fourth-order valence-corrected chi connectivity index (χ4v) is 3.87. The van der Waals surface area contributed by atoms with E-state index in [0.717, 1.165) is 34.6 Å². The van der Waals surface area contributed by atoms with E-state index in [9.17, 15) is 33.9 Å². The van der Waals surface area contributed by atoms with Crippen molar-refractivity contribution < 1.29 is 66.7 Å². The van der Waals surface area contributed by atoms with Gasteiger partial charge in [0.25, 0.3) is 5.75 Å². The lowest BCUT2D eigenvalue weighted by Crippen LogP contribution is -2.63. The fraction of sp³-hybridized carbons (Fsp3) is 0.440. The molecule has 1 saturated heterocycles. The number of benzene rings is 1. The summed E-state index contributed by atoms with van der Waals surface area (Å²) in [5.74, 6) is -5.39. The van der Waals surface area contributed by atoms with Crippen molar-refractivity contribution in [3.63, 3.8) is 0 Å². The van der Waals surface area contributed by atoms with Crippen LogP contribution < -0.4 is 15.1 Å². The number of carbonyl (C=O) groups is 5. The zero-order valence-electron chi connectivity index (χ0n) is 22.0. The standard InChI is InChI=1S/C25H26O15/c1-10(26)33-9-18-20(34-11(2)27)22(36-13(4)29)23(37-14(5)30)25(40-18)38-15-6-7-16-17(8-15)39-24(32)21(19(16)31)35-12(3)28/h6-8,18,20,22-23,25,31H,9H2,1-5H3/t18-,20-,22+,23-,25-/m1/s1. The largest absolute Gasteiger partial charge is 0.504 e. The highest BCUT2D eigenvalue weighted by atomic mass is 16.7. The minimum atomic E-state index is -1.54. The third-order valence-corrected chi connectivity index (χ3v) is 5.26. The van der Waals surface area contributed by atoms with Crippen LogP contribution in [0.2, 0.25) is 0 Å². The van der Waals surface area contributed by atoms with Gasteiger partial charge < -0.3 is 42.7 Å². The SMILES string of the molecule is CC(=O)OC[C@H]1O[C@@H](Oc2ccc3c(O)c(OC(C)=O)c(=O)oc3c2)[C@H](OC(C)=O)[C@@H](OC(C)=O)[C@@H]1OC(C)=O. The average Bonchev–Trinajstić information content (AvgIpc) is 2.83. The highest BCUT2D eigenvalue weighted by molar-refractivity contribution is 5.87. The van der Waals surface area contributed by atoms with E-state index >= 15 is 0 Å². The topological polar surface area (TPSA) is 200 Å². The smallest absolute Gasteiger partial charge is 0.383 e. The van der Waals surface area contributed by atoms with Crippen LogP contribution in [0.25, 0.3) is 11.0 Å². The second kappa shape index (κ2) is 12.5. The van der Waals surface area contributed by atoms with E-state index in [-0.39, 0.29) is 16.7 Å². The molecule has 1 aromatic carbocycles. The molecule has 1 aliphatic rings. The zero-order valence-corrected chi connectivity index (χ0v) is 22.0. The Bertz CT molecular complexity index is 1380. The Morgan fingerprint density at radius 3 is 2.00 bits per heavy atom. The molecule has 0 unspecified atom stereocenters. The number of rotatable bonds is 8. The molecule has 2 aromatic rings. The Balaban J connectivity index is 2.04. The van der Waals surface area contributed by atoms with Gasteiger partial charge in [0.1, 0.15) is 24.0 Å². The fourth-order valence-electron chi connectivity index (χ4n) is 3.87. The Morgan fingerprint density at radius 1 is 0.825 bits per heavy atom. The van der Waals surface area contributed by atoms with Crippen LogP contribution in [0.4, 0.5) is 0 Å². The van der Waals surface area contributed by atoms with Crippen LogP contribution in [-0.2, 0) is 47.7 Å². The maximum absolute atomic E-state index is 12.2. The van der Waals surface area contributed by atoms with E-state index in [1.165, 1.54) is 18.2 Å². The molecule has 1 aliphatic heterocycles. The number of esters is 5. The first kappa shape index (κ1) is 29.9. The molecule has 15 nitrogen and oxygen atoms in total. The molecular weight excluding hydrogens is 540 g/mol. The molecule has 2 heterocycles. The predicted octanol–water partition coefficient (Wildman–Crippen LogP) is 0.886. The first-order valence-corrected chi connectivity index (χ1v) is 11.7. The summed E-state index contributed by atoms with van der Waals surface area (Å²) in [6.07, 6.45) is -7.13. The maximum Gasteiger partial charge on any atom is 0.383 e. The van der Waals surface area contributed by atoms with E-state index in [1.54, 1.807) is 0 Å². The third-order valence-electron chi connectivity index (χ3n) is 5.26. The summed E-state index contributed by atoms with van der Waals surface area (Å²) in [5.41, 5.74) is -1.33.